The zero-order valence-electron chi connectivity index (χ0n) is 40.6. The van der Waals surface area contributed by atoms with Gasteiger partial charge in [-0.3, -0.25) is 0 Å². The highest BCUT2D eigenvalue weighted by Crippen LogP contribution is 2.54. The van der Waals surface area contributed by atoms with Gasteiger partial charge in [0.05, 0.1) is 0 Å². The van der Waals surface area contributed by atoms with E-state index in [1.807, 2.05) is 36.4 Å². The minimum absolute atomic E-state index is 0.156. The van der Waals surface area contributed by atoms with Crippen molar-refractivity contribution in [1.82, 2.24) is 0 Å². The molecule has 0 spiro atoms. The lowest BCUT2D eigenvalue weighted by atomic mass is 9.73. The topological polar surface area (TPSA) is 18.5 Å². The van der Waals surface area contributed by atoms with Gasteiger partial charge in [0.1, 0.15) is 23.0 Å². The van der Waals surface area contributed by atoms with E-state index in [0.717, 1.165) is 72.9 Å². The lowest BCUT2D eigenvalue weighted by molar-refractivity contribution is 0.418. The summed E-state index contributed by atoms with van der Waals surface area (Å²) in [7, 11) is -3.44. The summed E-state index contributed by atoms with van der Waals surface area (Å²) in [6.07, 6.45) is 1.47. The summed E-state index contributed by atoms with van der Waals surface area (Å²) in [4.78, 5) is 0. The summed E-state index contributed by atoms with van der Waals surface area (Å²) in [6, 6.07) is 52.0. The number of aryl methyl sites for hydroxylation is 2. The van der Waals surface area contributed by atoms with Gasteiger partial charge in [0.25, 0.3) is 0 Å². The van der Waals surface area contributed by atoms with E-state index in [1.165, 1.54) is 6.92 Å². The molecular formula is C56H54O2Si. The number of hydrogen-bond donors (Lipinski definition) is 0. The molecule has 0 unspecified atom stereocenters. The van der Waals surface area contributed by atoms with Crippen LogP contribution in [0.15, 0.2) is 152 Å². The zero-order chi connectivity index (χ0) is 45.7. The predicted molar refractivity (Wildman–Crippen MR) is 248 cm³/mol. The van der Waals surface area contributed by atoms with E-state index in [0.29, 0.717) is 41.0 Å². The molecule has 59 heavy (non-hydrogen) atoms. The highest BCUT2D eigenvalue weighted by Gasteiger charge is 2.47. The van der Waals surface area contributed by atoms with Crippen LogP contribution in [0, 0.1) is 6.85 Å². The molecule has 294 valence electrons. The Kier molecular flexibility index (Phi) is 7.57. The highest BCUT2D eigenvalue weighted by atomic mass is 28.3. The van der Waals surface area contributed by atoms with Crippen molar-refractivity contribution in [2.45, 2.75) is 90.3 Å². The molecule has 1 aliphatic carbocycles. The molecule has 0 saturated heterocycles. The fourth-order valence-electron chi connectivity index (χ4n) is 10.4. The molecule has 3 aliphatic rings. The van der Waals surface area contributed by atoms with Gasteiger partial charge in [-0.2, -0.15) is 0 Å². The number of rotatable bonds is 7. The fraction of sp³-hybridized carbons (Fsp3) is 0.250. The highest BCUT2D eigenvalue weighted by molar-refractivity contribution is 7.20. The van der Waals surface area contributed by atoms with E-state index in [4.69, 9.17) is 16.3 Å². The Balaban J connectivity index is 1.34. The molecule has 7 aromatic carbocycles. The third-order valence-corrected chi connectivity index (χ3v) is 18.4. The second-order valence-corrected chi connectivity index (χ2v) is 21.3. The summed E-state index contributed by atoms with van der Waals surface area (Å²) in [5.41, 5.74) is 5.50. The van der Waals surface area contributed by atoms with Gasteiger partial charge < -0.3 is 9.47 Å². The number of ether oxygens (including phenoxy) is 2. The van der Waals surface area contributed by atoms with E-state index in [2.05, 4.69) is 131 Å². The molecule has 0 atom stereocenters. The maximum Gasteiger partial charge on any atom is 0.184 e. The van der Waals surface area contributed by atoms with Crippen molar-refractivity contribution in [2.24, 2.45) is 0 Å². The van der Waals surface area contributed by atoms with Crippen LogP contribution in [0.3, 0.4) is 0 Å². The molecule has 0 aromatic heterocycles. The Bertz CT molecular complexity index is 2940. The first-order valence-electron chi connectivity index (χ1n) is 24.1. The van der Waals surface area contributed by atoms with Gasteiger partial charge in [-0.1, -0.05) is 187 Å². The molecule has 3 heteroatoms. The minimum atomic E-state index is -3.44. The lowest BCUT2D eigenvalue weighted by Crippen LogP contribution is -2.75. The zero-order valence-corrected chi connectivity index (χ0v) is 35.6. The van der Waals surface area contributed by atoms with Crippen LogP contribution in [0.1, 0.15) is 113 Å². The summed E-state index contributed by atoms with van der Waals surface area (Å²) in [5.74, 6) is 1.63. The summed E-state index contributed by atoms with van der Waals surface area (Å²) in [5, 5.41) is 4.38. The van der Waals surface area contributed by atoms with Crippen molar-refractivity contribution in [3.05, 3.63) is 191 Å². The van der Waals surface area contributed by atoms with Gasteiger partial charge in [-0.25, -0.2) is 0 Å². The average molecular weight is 793 g/mol. The van der Waals surface area contributed by atoms with Gasteiger partial charge in [0, 0.05) is 46.9 Å². The molecule has 2 heterocycles. The fourth-order valence-corrected chi connectivity index (χ4v) is 15.3. The van der Waals surface area contributed by atoms with Crippen molar-refractivity contribution < 1.29 is 17.7 Å². The third kappa shape index (κ3) is 5.80. The Labute approximate surface area is 360 Å². The molecule has 7 aromatic rings. The predicted octanol–water partition coefficient (Wildman–Crippen LogP) is 12.1. The minimum Gasteiger partial charge on any atom is -0.457 e. The van der Waals surface area contributed by atoms with Crippen molar-refractivity contribution in [1.29, 1.82) is 0 Å². The standard InChI is InChI=1S/C56H54O2Si/c1-7-38-30-34-46-50(35-38)58-54-48(56(46,5)6)33-29-37(2)52(54)44-36-42(31-32-43(44)39-19-14-15-20-39)59(40-21-10-8-11-22-40,41-23-12-9-13-24-41)51-28-18-26-47-53(51)57-49-27-17-16-25-45(49)55(47,3)4/h8-13,16-18,21-36,39H,7,14-15,19-20H2,1-6H3/i2D3,7D2,39D. The molecule has 1 fully saturated rings. The summed E-state index contributed by atoms with van der Waals surface area (Å²) >= 11 is 0. The Morgan fingerprint density at radius 3 is 1.92 bits per heavy atom. The van der Waals surface area contributed by atoms with Crippen molar-refractivity contribution >= 4 is 28.8 Å². The van der Waals surface area contributed by atoms with E-state index < -0.39 is 32.6 Å². The monoisotopic (exact) mass is 792 g/mol. The number of benzene rings is 7. The van der Waals surface area contributed by atoms with Gasteiger partial charge in [0.15, 0.2) is 8.07 Å². The van der Waals surface area contributed by atoms with Crippen molar-refractivity contribution in [3.63, 3.8) is 0 Å². The van der Waals surface area contributed by atoms with E-state index in [-0.39, 0.29) is 11.0 Å². The molecule has 2 nitrogen and oxygen atoms in total. The van der Waals surface area contributed by atoms with Crippen LogP contribution in [0.5, 0.6) is 23.0 Å². The van der Waals surface area contributed by atoms with E-state index in [1.54, 1.807) is 12.1 Å². The first kappa shape index (κ1) is 31.3. The quantitative estimate of drug-likeness (QED) is 0.118. The number of para-hydroxylation sites is 2. The second kappa shape index (κ2) is 14.3. The van der Waals surface area contributed by atoms with Gasteiger partial charge in [-0.15, -0.1) is 0 Å². The molecule has 0 N–H and O–H groups in total. The van der Waals surface area contributed by atoms with Crippen LogP contribution in [0.25, 0.3) is 11.1 Å². The first-order chi connectivity index (χ1) is 30.9. The molecule has 0 amide bonds. The molecule has 0 bridgehead atoms. The van der Waals surface area contributed by atoms with Gasteiger partial charge >= 0.3 is 0 Å². The van der Waals surface area contributed by atoms with Gasteiger partial charge in [0.2, 0.25) is 0 Å². The molecule has 0 radical (unpaired) electrons. The van der Waals surface area contributed by atoms with Crippen LogP contribution in [0.2, 0.25) is 0 Å². The van der Waals surface area contributed by atoms with Crippen LogP contribution in [-0.2, 0) is 17.2 Å². The van der Waals surface area contributed by atoms with Crippen molar-refractivity contribution in [3.8, 4) is 34.1 Å². The third-order valence-electron chi connectivity index (χ3n) is 13.6. The Morgan fingerprint density at radius 2 is 1.22 bits per heavy atom. The van der Waals surface area contributed by atoms with E-state index >= 15 is 0 Å². The van der Waals surface area contributed by atoms with Crippen LogP contribution >= 0.6 is 0 Å². The van der Waals surface area contributed by atoms with Crippen LogP contribution in [-0.4, -0.2) is 8.07 Å². The van der Waals surface area contributed by atoms with Crippen LogP contribution < -0.4 is 30.2 Å². The smallest absolute Gasteiger partial charge is 0.184 e. The normalized spacial score (nSPS) is 18.7. The van der Waals surface area contributed by atoms with Gasteiger partial charge in [-0.05, 0) is 87.1 Å². The SMILES string of the molecule is [2H]C([2H])([2H])c1ccc2c(c1-c1cc([Si](c3ccccc3)(c3ccccc3)c3cccc4c3Oc3ccccc3C4(C)C)ccc1C1([2H])CCCC1)Oc1cc(C([2H])([2H])C)ccc1C2(C)C. The molecular weight excluding hydrogens is 733 g/mol. The summed E-state index contributed by atoms with van der Waals surface area (Å²) in [6.45, 7) is 7.75. The number of fused-ring (bicyclic) bond motifs is 4. The first-order valence-corrected chi connectivity index (χ1v) is 23.1. The Hall–Kier alpha value is -5.64. The largest absolute Gasteiger partial charge is 0.457 e. The average Bonchev–Trinajstić information content (AvgIpc) is 3.73. The maximum atomic E-state index is 10.2. The Morgan fingerprint density at radius 1 is 0.610 bits per heavy atom. The molecule has 10 rings (SSSR count). The molecule has 2 aliphatic heterocycles. The molecule has 1 saturated carbocycles. The van der Waals surface area contributed by atoms with Crippen molar-refractivity contribution in [2.75, 3.05) is 0 Å². The number of hydrogen-bond acceptors (Lipinski definition) is 2. The second-order valence-electron chi connectivity index (χ2n) is 17.5. The lowest BCUT2D eigenvalue weighted by Gasteiger charge is -2.41. The van der Waals surface area contributed by atoms with E-state index in [9.17, 15) is 1.37 Å². The summed E-state index contributed by atoms with van der Waals surface area (Å²) < 4.78 is 69.0. The van der Waals surface area contributed by atoms with Crippen LogP contribution in [0.4, 0.5) is 0 Å². The maximum absolute atomic E-state index is 10.2.